The van der Waals surface area contributed by atoms with Crippen molar-refractivity contribution in [3.8, 4) is 11.3 Å². The van der Waals surface area contributed by atoms with Crippen LogP contribution < -0.4 is 5.73 Å². The number of aromatic carboxylic acids is 1. The Morgan fingerprint density at radius 1 is 1.23 bits per heavy atom. The number of nitrogen functional groups attached to an aromatic ring is 1. The van der Waals surface area contributed by atoms with E-state index in [1.165, 1.54) is 0 Å². The van der Waals surface area contributed by atoms with Gasteiger partial charge in [0, 0.05) is 0 Å². The van der Waals surface area contributed by atoms with Crippen LogP contribution in [0.2, 0.25) is 0 Å². The predicted octanol–water partition coefficient (Wildman–Crippen LogP) is 2.09. The Morgan fingerprint density at radius 2 is 1.95 bits per heavy atom. The fourth-order valence-electron chi connectivity index (χ4n) is 2.05. The largest absolute Gasteiger partial charge is 0.476 e. The average Bonchev–Trinajstić information content (AvgIpc) is 2.90. The number of nitrogens with two attached hydrogens (primary N) is 1. The zero-order valence-corrected chi connectivity index (χ0v) is 10.7. The van der Waals surface area contributed by atoms with Crippen LogP contribution in [0, 0.1) is 17.6 Å². The fourth-order valence-corrected chi connectivity index (χ4v) is 2.05. The van der Waals surface area contributed by atoms with E-state index in [0.717, 1.165) is 29.1 Å². The number of benzene rings is 1. The zero-order chi connectivity index (χ0) is 16.0. The summed E-state index contributed by atoms with van der Waals surface area (Å²) in [5.74, 6) is -4.72. The zero-order valence-electron chi connectivity index (χ0n) is 10.7. The number of halogens is 3. The Hall–Kier alpha value is -3.10. The molecule has 112 valence electrons. The number of carbonyl (C=O) groups is 1. The van der Waals surface area contributed by atoms with E-state index >= 15 is 0 Å². The standard InChI is InChI=1S/C13H7F3N4O2/c14-5-1-2-6(17)9(15)8(5)11-12(16)20-4-19-10(13(21)22)7(20)3-18-11/h1-4H,17H2,(H,21,22). The van der Waals surface area contributed by atoms with Crippen molar-refractivity contribution < 1.29 is 23.1 Å². The molecule has 0 unspecified atom stereocenters. The molecule has 2 aromatic heterocycles. The van der Waals surface area contributed by atoms with Gasteiger partial charge in [0.15, 0.2) is 11.5 Å². The third-order valence-electron chi connectivity index (χ3n) is 3.09. The van der Waals surface area contributed by atoms with Crippen LogP contribution in [0.1, 0.15) is 10.5 Å². The lowest BCUT2D eigenvalue weighted by molar-refractivity contribution is 0.0693. The summed E-state index contributed by atoms with van der Waals surface area (Å²) in [6.45, 7) is 0. The molecule has 6 nitrogen and oxygen atoms in total. The Labute approximate surface area is 120 Å². The maximum Gasteiger partial charge on any atom is 0.356 e. The number of hydrogen-bond acceptors (Lipinski definition) is 4. The number of hydrogen-bond donors (Lipinski definition) is 2. The minimum Gasteiger partial charge on any atom is -0.476 e. The molecule has 0 amide bonds. The second kappa shape index (κ2) is 4.72. The highest BCUT2D eigenvalue weighted by atomic mass is 19.1. The molecule has 0 aliphatic carbocycles. The lowest BCUT2D eigenvalue weighted by Crippen LogP contribution is -2.05. The van der Waals surface area contributed by atoms with Crippen molar-refractivity contribution in [2.24, 2.45) is 0 Å². The molecule has 9 heteroatoms. The van der Waals surface area contributed by atoms with Crippen LogP contribution >= 0.6 is 0 Å². The molecule has 0 spiro atoms. The Kier molecular flexibility index (Phi) is 2.98. The molecule has 0 bridgehead atoms. The summed E-state index contributed by atoms with van der Waals surface area (Å²) < 4.78 is 42.9. The Morgan fingerprint density at radius 3 is 2.64 bits per heavy atom. The van der Waals surface area contributed by atoms with E-state index < -0.39 is 40.5 Å². The number of nitrogens with zero attached hydrogens (tertiary/aromatic N) is 3. The lowest BCUT2D eigenvalue weighted by Gasteiger charge is -2.08. The van der Waals surface area contributed by atoms with Crippen LogP contribution in [0.3, 0.4) is 0 Å². The van der Waals surface area contributed by atoms with Gasteiger partial charge in [0.05, 0.1) is 17.4 Å². The lowest BCUT2D eigenvalue weighted by atomic mass is 10.1. The number of aromatic nitrogens is 3. The third kappa shape index (κ3) is 1.86. The molecule has 3 aromatic rings. The molecule has 0 aliphatic heterocycles. The second-order valence-corrected chi connectivity index (χ2v) is 4.38. The van der Waals surface area contributed by atoms with E-state index in [1.54, 1.807) is 0 Å². The van der Waals surface area contributed by atoms with Gasteiger partial charge >= 0.3 is 5.97 Å². The van der Waals surface area contributed by atoms with Crippen molar-refractivity contribution in [1.82, 2.24) is 14.4 Å². The van der Waals surface area contributed by atoms with Crippen molar-refractivity contribution >= 4 is 17.2 Å². The van der Waals surface area contributed by atoms with Gasteiger partial charge in [-0.2, -0.15) is 4.39 Å². The van der Waals surface area contributed by atoms with Crippen LogP contribution in [-0.4, -0.2) is 25.4 Å². The Bertz CT molecular complexity index is 923. The summed E-state index contributed by atoms with van der Waals surface area (Å²) in [6, 6.07) is 1.89. The van der Waals surface area contributed by atoms with Gasteiger partial charge < -0.3 is 10.8 Å². The van der Waals surface area contributed by atoms with Crippen LogP contribution in [0.15, 0.2) is 24.7 Å². The summed E-state index contributed by atoms with van der Waals surface area (Å²) in [4.78, 5) is 18.1. The highest BCUT2D eigenvalue weighted by Crippen LogP contribution is 2.30. The molecule has 0 radical (unpaired) electrons. The summed E-state index contributed by atoms with van der Waals surface area (Å²) >= 11 is 0. The molecule has 2 heterocycles. The summed E-state index contributed by atoms with van der Waals surface area (Å²) in [7, 11) is 0. The van der Waals surface area contributed by atoms with E-state index in [9.17, 15) is 18.0 Å². The van der Waals surface area contributed by atoms with Gasteiger partial charge in [-0.1, -0.05) is 0 Å². The van der Waals surface area contributed by atoms with Crippen LogP contribution in [0.25, 0.3) is 16.8 Å². The second-order valence-electron chi connectivity index (χ2n) is 4.38. The van der Waals surface area contributed by atoms with E-state index in [-0.39, 0.29) is 11.2 Å². The molecule has 1 aromatic carbocycles. The SMILES string of the molecule is Nc1ccc(F)c(-c2ncc3c(C(=O)O)ncn3c2F)c1F. The van der Waals surface area contributed by atoms with Gasteiger partial charge in [-0.25, -0.2) is 23.5 Å². The van der Waals surface area contributed by atoms with Crippen molar-refractivity contribution in [3.05, 3.63) is 47.9 Å². The van der Waals surface area contributed by atoms with Gasteiger partial charge in [-0.05, 0) is 12.1 Å². The first-order chi connectivity index (χ1) is 10.4. The molecule has 22 heavy (non-hydrogen) atoms. The van der Waals surface area contributed by atoms with Crippen molar-refractivity contribution in [1.29, 1.82) is 0 Å². The monoisotopic (exact) mass is 308 g/mol. The van der Waals surface area contributed by atoms with Crippen LogP contribution in [-0.2, 0) is 0 Å². The third-order valence-corrected chi connectivity index (χ3v) is 3.09. The molecule has 0 atom stereocenters. The van der Waals surface area contributed by atoms with Crippen molar-refractivity contribution in [3.63, 3.8) is 0 Å². The number of carboxylic acid groups (broad SMARTS) is 1. The molecule has 3 N–H and O–H groups in total. The maximum atomic E-state index is 14.4. The highest BCUT2D eigenvalue weighted by molar-refractivity contribution is 5.93. The average molecular weight is 308 g/mol. The van der Waals surface area contributed by atoms with Crippen molar-refractivity contribution in [2.75, 3.05) is 5.73 Å². The predicted molar refractivity (Wildman–Crippen MR) is 69.7 cm³/mol. The molecule has 0 fully saturated rings. The van der Waals surface area contributed by atoms with E-state index in [2.05, 4.69) is 9.97 Å². The maximum absolute atomic E-state index is 14.4. The molecular formula is C13H7F3N4O2. The molecule has 0 saturated carbocycles. The fraction of sp³-hybridized carbons (Fsp3) is 0. The molecule has 0 saturated heterocycles. The van der Waals surface area contributed by atoms with Crippen LogP contribution in [0.5, 0.6) is 0 Å². The number of fused-ring (bicyclic) bond motifs is 1. The quantitative estimate of drug-likeness (QED) is 0.707. The number of rotatable bonds is 2. The minimum absolute atomic E-state index is 0.140. The molecule has 3 rings (SSSR count). The summed E-state index contributed by atoms with van der Waals surface area (Å²) in [6.07, 6.45) is 1.86. The normalized spacial score (nSPS) is 11.0. The van der Waals surface area contributed by atoms with Gasteiger partial charge in [0.25, 0.3) is 0 Å². The smallest absolute Gasteiger partial charge is 0.356 e. The van der Waals surface area contributed by atoms with Gasteiger partial charge in [0.1, 0.15) is 23.4 Å². The van der Waals surface area contributed by atoms with Gasteiger partial charge in [-0.15, -0.1) is 0 Å². The van der Waals surface area contributed by atoms with Crippen LogP contribution in [0.4, 0.5) is 18.9 Å². The first-order valence-electron chi connectivity index (χ1n) is 5.90. The summed E-state index contributed by atoms with van der Waals surface area (Å²) in [5, 5.41) is 8.91. The van der Waals surface area contributed by atoms with E-state index in [0.29, 0.717) is 0 Å². The van der Waals surface area contributed by atoms with E-state index in [1.807, 2.05) is 0 Å². The molecular weight excluding hydrogens is 301 g/mol. The minimum atomic E-state index is -1.38. The first-order valence-corrected chi connectivity index (χ1v) is 5.90. The van der Waals surface area contributed by atoms with Gasteiger partial charge in [-0.3, -0.25) is 4.40 Å². The molecule has 0 aliphatic rings. The topological polar surface area (TPSA) is 93.5 Å². The number of anilines is 1. The van der Waals surface area contributed by atoms with Crippen molar-refractivity contribution in [2.45, 2.75) is 0 Å². The number of carboxylic acids is 1. The highest BCUT2D eigenvalue weighted by Gasteiger charge is 2.23. The van der Waals surface area contributed by atoms with E-state index in [4.69, 9.17) is 10.8 Å². The first kappa shape index (κ1) is 13.9. The van der Waals surface area contributed by atoms with Gasteiger partial charge in [0.2, 0.25) is 5.95 Å². The summed E-state index contributed by atoms with van der Waals surface area (Å²) in [5.41, 5.74) is 3.05. The Balaban J connectivity index is 2.33. The number of imidazole rings is 1.